The summed E-state index contributed by atoms with van der Waals surface area (Å²) in [5.41, 5.74) is 23.1. The van der Waals surface area contributed by atoms with E-state index in [1.807, 2.05) is 47.9 Å². The fourth-order valence-corrected chi connectivity index (χ4v) is 7.64. The standard InChI is InChI=1S/2C16H19Cl2N5OS/c2*1-16(20)5-6-23(8-11(16)24)12-7-21-15(14(19)22-12)25-10-4-2-3-9(17)13(10)18/h2*2-4,7,11,24H,5-6,8,20H2,1H3,(H2,19,22)/t2*11-,16+/m10/s1. The Balaban J connectivity index is 0.000000194. The predicted molar refractivity (Wildman–Crippen MR) is 205 cm³/mol. The molecule has 2 aliphatic rings. The SMILES string of the molecule is C[C@@]1(N)CCN(c2cnc(Sc3cccc(Cl)c3Cl)c(N)n2)C[C@@H]1O.C[C@]1(N)CCN(c2cnc(Sc3cccc(Cl)c3Cl)c(N)n2)C[C@H]1O. The molecule has 2 fully saturated rings. The molecule has 0 amide bonds. The molecular formula is C32H38Cl4N10O2S2. The maximum atomic E-state index is 10.2. The van der Waals surface area contributed by atoms with Crippen molar-refractivity contribution < 1.29 is 10.2 Å². The number of nitrogens with zero attached hydrogens (tertiary/aromatic N) is 6. The summed E-state index contributed by atoms with van der Waals surface area (Å²) >= 11 is 27.1. The zero-order valence-corrected chi connectivity index (χ0v) is 31.9. The molecule has 2 saturated heterocycles. The molecule has 0 unspecified atom stereocenters. The number of rotatable bonds is 6. The molecule has 2 aromatic carbocycles. The number of aliphatic hydroxyl groups excluding tert-OH is 2. The summed E-state index contributed by atoms with van der Waals surface area (Å²) in [4.78, 5) is 23.0. The number of aliphatic hydroxyl groups is 2. The number of β-amino-alcohol motifs (C(OH)–C–C–N with tert-alkyl or cyclic N) is 2. The van der Waals surface area contributed by atoms with Crippen molar-refractivity contribution in [3.8, 4) is 0 Å². The molecule has 2 aromatic heterocycles. The zero-order chi connectivity index (χ0) is 36.4. The summed E-state index contributed by atoms with van der Waals surface area (Å²) in [7, 11) is 0. The van der Waals surface area contributed by atoms with Crippen molar-refractivity contribution in [1.29, 1.82) is 0 Å². The summed E-state index contributed by atoms with van der Waals surface area (Å²) in [6.45, 7) is 5.87. The van der Waals surface area contributed by atoms with E-state index in [9.17, 15) is 10.2 Å². The number of nitrogen functional groups attached to an aromatic ring is 2. The quantitative estimate of drug-likeness (QED) is 0.140. The molecular weight excluding hydrogens is 762 g/mol. The number of aromatic nitrogens is 4. The van der Waals surface area contributed by atoms with Crippen LogP contribution in [0.3, 0.4) is 0 Å². The van der Waals surface area contributed by atoms with Crippen LogP contribution in [-0.2, 0) is 0 Å². The summed E-state index contributed by atoms with van der Waals surface area (Å²) in [5.74, 6) is 1.84. The van der Waals surface area contributed by atoms with Crippen LogP contribution in [0, 0.1) is 0 Å². The van der Waals surface area contributed by atoms with Gasteiger partial charge < -0.3 is 42.9 Å². The fourth-order valence-electron chi connectivity index (χ4n) is 5.08. The van der Waals surface area contributed by atoms with E-state index in [4.69, 9.17) is 69.3 Å². The van der Waals surface area contributed by atoms with Gasteiger partial charge in [-0.2, -0.15) is 0 Å². The molecule has 0 aliphatic carbocycles. The number of hydrogen-bond acceptors (Lipinski definition) is 14. The van der Waals surface area contributed by atoms with Gasteiger partial charge >= 0.3 is 0 Å². The number of hydrogen-bond donors (Lipinski definition) is 6. The minimum atomic E-state index is -0.636. The first kappa shape index (κ1) is 38.7. The smallest absolute Gasteiger partial charge is 0.158 e. The van der Waals surface area contributed by atoms with Crippen molar-refractivity contribution in [1.82, 2.24) is 19.9 Å². The lowest BCUT2D eigenvalue weighted by Crippen LogP contribution is -2.59. The van der Waals surface area contributed by atoms with Crippen LogP contribution in [0.15, 0.2) is 68.6 Å². The summed E-state index contributed by atoms with van der Waals surface area (Å²) in [6, 6.07) is 10.8. The van der Waals surface area contributed by atoms with Gasteiger partial charge in [0.25, 0.3) is 0 Å². The number of benzene rings is 2. The van der Waals surface area contributed by atoms with Gasteiger partial charge in [-0.3, -0.25) is 0 Å². The third kappa shape index (κ3) is 9.10. The second kappa shape index (κ2) is 16.0. The maximum absolute atomic E-state index is 10.2. The Morgan fingerprint density at radius 1 is 0.700 bits per heavy atom. The molecule has 4 heterocycles. The number of halogens is 4. The molecule has 0 bridgehead atoms. The first-order valence-corrected chi connectivity index (χ1v) is 18.6. The first-order chi connectivity index (χ1) is 23.6. The van der Waals surface area contributed by atoms with Gasteiger partial charge in [-0.25, -0.2) is 19.9 Å². The Labute approximate surface area is 319 Å². The van der Waals surface area contributed by atoms with Crippen LogP contribution in [0.2, 0.25) is 20.1 Å². The molecule has 0 saturated carbocycles. The minimum absolute atomic E-state index is 0.300. The van der Waals surface area contributed by atoms with E-state index >= 15 is 0 Å². The highest BCUT2D eigenvalue weighted by atomic mass is 35.5. The van der Waals surface area contributed by atoms with Crippen LogP contribution in [0.25, 0.3) is 0 Å². The summed E-state index contributed by atoms with van der Waals surface area (Å²) < 4.78 is 0. The Hall–Kier alpha value is -2.50. The predicted octanol–water partition coefficient (Wildman–Crippen LogP) is 5.61. The molecule has 10 N–H and O–H groups in total. The second-order valence-electron chi connectivity index (χ2n) is 12.6. The van der Waals surface area contributed by atoms with Gasteiger partial charge in [-0.1, -0.05) is 82.1 Å². The van der Waals surface area contributed by atoms with E-state index in [1.54, 1.807) is 24.5 Å². The van der Waals surface area contributed by atoms with Crippen LogP contribution in [0.1, 0.15) is 26.7 Å². The van der Waals surface area contributed by atoms with Gasteiger partial charge in [-0.15, -0.1) is 0 Å². The van der Waals surface area contributed by atoms with Crippen molar-refractivity contribution in [2.45, 2.75) is 69.8 Å². The van der Waals surface area contributed by atoms with Crippen LogP contribution in [-0.4, -0.2) is 79.6 Å². The van der Waals surface area contributed by atoms with Crippen molar-refractivity contribution in [2.24, 2.45) is 11.5 Å². The van der Waals surface area contributed by atoms with E-state index < -0.39 is 23.3 Å². The first-order valence-electron chi connectivity index (χ1n) is 15.5. The third-order valence-corrected chi connectivity index (χ3v) is 12.5. The minimum Gasteiger partial charge on any atom is -0.389 e. The average Bonchev–Trinajstić information content (AvgIpc) is 3.06. The molecule has 6 rings (SSSR count). The molecule has 4 aromatic rings. The van der Waals surface area contributed by atoms with E-state index in [2.05, 4.69) is 19.9 Å². The van der Waals surface area contributed by atoms with Crippen molar-refractivity contribution in [2.75, 3.05) is 47.4 Å². The fraction of sp³-hybridized carbons (Fsp3) is 0.375. The highest BCUT2D eigenvalue weighted by Gasteiger charge is 2.36. The van der Waals surface area contributed by atoms with Gasteiger partial charge in [0.1, 0.15) is 21.7 Å². The molecule has 0 spiro atoms. The van der Waals surface area contributed by atoms with E-state index in [-0.39, 0.29) is 0 Å². The highest BCUT2D eigenvalue weighted by Crippen LogP contribution is 2.40. The molecule has 268 valence electrons. The largest absolute Gasteiger partial charge is 0.389 e. The summed E-state index contributed by atoms with van der Waals surface area (Å²) in [5, 5.41) is 23.3. The van der Waals surface area contributed by atoms with Crippen molar-refractivity contribution >= 4 is 93.2 Å². The molecule has 4 atom stereocenters. The van der Waals surface area contributed by atoms with Gasteiger partial charge in [0.05, 0.1) is 44.7 Å². The Morgan fingerprint density at radius 3 is 1.42 bits per heavy atom. The lowest BCUT2D eigenvalue weighted by atomic mass is 9.88. The Bertz CT molecular complexity index is 1710. The van der Waals surface area contributed by atoms with Crippen molar-refractivity contribution in [3.05, 3.63) is 68.9 Å². The van der Waals surface area contributed by atoms with Gasteiger partial charge in [0, 0.05) is 47.0 Å². The van der Waals surface area contributed by atoms with E-state index in [0.717, 1.165) is 9.79 Å². The lowest BCUT2D eigenvalue weighted by molar-refractivity contribution is 0.0792. The van der Waals surface area contributed by atoms with Crippen LogP contribution in [0.5, 0.6) is 0 Å². The summed E-state index contributed by atoms with van der Waals surface area (Å²) in [6.07, 6.45) is 3.33. The Morgan fingerprint density at radius 2 is 1.08 bits per heavy atom. The second-order valence-corrected chi connectivity index (χ2v) is 16.2. The van der Waals surface area contributed by atoms with Gasteiger partial charge in [-0.05, 0) is 51.0 Å². The average molecular weight is 801 g/mol. The Kier molecular flexibility index (Phi) is 12.4. The zero-order valence-electron chi connectivity index (χ0n) is 27.2. The van der Waals surface area contributed by atoms with Crippen LogP contribution >= 0.6 is 69.9 Å². The van der Waals surface area contributed by atoms with Gasteiger partial charge in [0.2, 0.25) is 0 Å². The molecule has 12 nitrogen and oxygen atoms in total. The topological polar surface area (TPSA) is 203 Å². The molecule has 18 heteroatoms. The highest BCUT2D eigenvalue weighted by molar-refractivity contribution is 7.99. The van der Waals surface area contributed by atoms with Crippen molar-refractivity contribution in [3.63, 3.8) is 0 Å². The number of nitrogens with two attached hydrogens (primary N) is 4. The molecule has 0 radical (unpaired) electrons. The normalized spacial score (nSPS) is 23.7. The van der Waals surface area contributed by atoms with Gasteiger partial charge in [0.15, 0.2) is 11.6 Å². The molecule has 2 aliphatic heterocycles. The van der Waals surface area contributed by atoms with E-state index in [0.29, 0.717) is 92.4 Å². The maximum Gasteiger partial charge on any atom is 0.158 e. The van der Waals surface area contributed by atoms with Crippen LogP contribution < -0.4 is 32.7 Å². The molecule has 50 heavy (non-hydrogen) atoms. The monoisotopic (exact) mass is 798 g/mol. The lowest BCUT2D eigenvalue weighted by Gasteiger charge is -2.41. The number of anilines is 4. The van der Waals surface area contributed by atoms with Crippen LogP contribution in [0.4, 0.5) is 23.3 Å². The van der Waals surface area contributed by atoms with E-state index in [1.165, 1.54) is 23.5 Å². The third-order valence-electron chi connectivity index (χ3n) is 8.55. The number of piperidine rings is 2.